The van der Waals surface area contributed by atoms with Crippen LogP contribution < -0.4 is 10.2 Å². The molecule has 1 aromatic rings. The lowest BCUT2D eigenvalue weighted by Crippen LogP contribution is -2.24. The van der Waals surface area contributed by atoms with Crippen LogP contribution in [0.3, 0.4) is 0 Å². The highest BCUT2D eigenvalue weighted by Crippen LogP contribution is 2.24. The Morgan fingerprint density at radius 3 is 2.85 bits per heavy atom. The molecule has 1 saturated heterocycles. The Hall–Kier alpha value is -1.02. The summed E-state index contributed by atoms with van der Waals surface area (Å²) in [4.78, 5) is 2.57. The molecule has 2 heteroatoms. The molecule has 0 spiro atoms. The second-order valence-electron chi connectivity index (χ2n) is 6.31. The van der Waals surface area contributed by atoms with Gasteiger partial charge in [-0.3, -0.25) is 0 Å². The van der Waals surface area contributed by atoms with E-state index >= 15 is 0 Å². The SMILES string of the molecule is CCCNCc1ccc(N2CCCC(C)CC2)cc1C. The van der Waals surface area contributed by atoms with E-state index in [1.807, 2.05) is 0 Å². The zero-order valence-corrected chi connectivity index (χ0v) is 13.4. The fourth-order valence-electron chi connectivity index (χ4n) is 3.00. The van der Waals surface area contributed by atoms with Crippen LogP contribution in [0.25, 0.3) is 0 Å². The number of nitrogens with zero attached hydrogens (tertiary/aromatic N) is 1. The zero-order valence-electron chi connectivity index (χ0n) is 13.4. The van der Waals surface area contributed by atoms with E-state index in [0.717, 1.165) is 19.0 Å². The van der Waals surface area contributed by atoms with Gasteiger partial charge in [-0.2, -0.15) is 0 Å². The highest BCUT2D eigenvalue weighted by molar-refractivity contribution is 5.51. The first-order valence-corrected chi connectivity index (χ1v) is 8.26. The van der Waals surface area contributed by atoms with Crippen molar-refractivity contribution in [3.8, 4) is 0 Å². The first-order valence-electron chi connectivity index (χ1n) is 8.26. The van der Waals surface area contributed by atoms with Crippen molar-refractivity contribution >= 4 is 5.69 Å². The quantitative estimate of drug-likeness (QED) is 0.813. The topological polar surface area (TPSA) is 15.3 Å². The van der Waals surface area contributed by atoms with Crippen LogP contribution >= 0.6 is 0 Å². The maximum Gasteiger partial charge on any atom is 0.0369 e. The molecule has 0 aromatic heterocycles. The molecule has 1 N–H and O–H groups in total. The van der Waals surface area contributed by atoms with E-state index in [4.69, 9.17) is 0 Å². The van der Waals surface area contributed by atoms with Crippen molar-refractivity contribution in [3.63, 3.8) is 0 Å². The monoisotopic (exact) mass is 274 g/mol. The largest absolute Gasteiger partial charge is 0.372 e. The molecule has 0 amide bonds. The highest BCUT2D eigenvalue weighted by atomic mass is 15.1. The predicted molar refractivity (Wildman–Crippen MR) is 88.4 cm³/mol. The van der Waals surface area contributed by atoms with Crippen LogP contribution in [0, 0.1) is 12.8 Å². The van der Waals surface area contributed by atoms with Crippen LogP contribution in [0.5, 0.6) is 0 Å². The van der Waals surface area contributed by atoms with E-state index in [1.165, 1.54) is 55.6 Å². The molecule has 1 aromatic carbocycles. The fraction of sp³-hybridized carbons (Fsp3) is 0.667. The Labute approximate surface area is 124 Å². The summed E-state index contributed by atoms with van der Waals surface area (Å²) >= 11 is 0. The molecule has 1 atom stereocenters. The summed E-state index contributed by atoms with van der Waals surface area (Å²) in [6.07, 6.45) is 5.25. The number of hydrogen-bond acceptors (Lipinski definition) is 2. The van der Waals surface area contributed by atoms with Crippen molar-refractivity contribution in [2.75, 3.05) is 24.5 Å². The van der Waals surface area contributed by atoms with Crippen molar-refractivity contribution in [2.24, 2.45) is 5.92 Å². The molecule has 112 valence electrons. The van der Waals surface area contributed by atoms with Gasteiger partial charge in [0.15, 0.2) is 0 Å². The van der Waals surface area contributed by atoms with Gasteiger partial charge >= 0.3 is 0 Å². The van der Waals surface area contributed by atoms with Crippen molar-refractivity contribution in [2.45, 2.75) is 53.0 Å². The smallest absolute Gasteiger partial charge is 0.0369 e. The molecule has 1 unspecified atom stereocenters. The van der Waals surface area contributed by atoms with Crippen molar-refractivity contribution in [1.29, 1.82) is 0 Å². The number of hydrogen-bond donors (Lipinski definition) is 1. The molecule has 1 aliphatic heterocycles. The predicted octanol–water partition coefficient (Wildman–Crippen LogP) is 4.12. The maximum absolute atomic E-state index is 3.49. The van der Waals surface area contributed by atoms with Gasteiger partial charge in [0.2, 0.25) is 0 Å². The molecule has 0 bridgehead atoms. The summed E-state index contributed by atoms with van der Waals surface area (Å²) in [5.74, 6) is 0.888. The van der Waals surface area contributed by atoms with E-state index in [-0.39, 0.29) is 0 Å². The van der Waals surface area contributed by atoms with Gasteiger partial charge in [-0.1, -0.05) is 19.9 Å². The van der Waals surface area contributed by atoms with E-state index in [0.29, 0.717) is 0 Å². The fourth-order valence-corrected chi connectivity index (χ4v) is 3.00. The van der Waals surface area contributed by atoms with Crippen molar-refractivity contribution < 1.29 is 0 Å². The molecule has 1 heterocycles. The summed E-state index contributed by atoms with van der Waals surface area (Å²) in [6.45, 7) is 11.4. The maximum atomic E-state index is 3.49. The zero-order chi connectivity index (χ0) is 14.4. The molecule has 0 radical (unpaired) electrons. The average Bonchev–Trinajstić information content (AvgIpc) is 2.65. The van der Waals surface area contributed by atoms with Gasteiger partial charge in [0, 0.05) is 25.3 Å². The summed E-state index contributed by atoms with van der Waals surface area (Å²) in [5.41, 5.74) is 4.27. The van der Waals surface area contributed by atoms with Crippen LogP contribution in [0.15, 0.2) is 18.2 Å². The lowest BCUT2D eigenvalue weighted by atomic mass is 10.0. The van der Waals surface area contributed by atoms with E-state index < -0.39 is 0 Å². The Morgan fingerprint density at radius 2 is 2.10 bits per heavy atom. The molecular weight excluding hydrogens is 244 g/mol. The minimum Gasteiger partial charge on any atom is -0.372 e. The van der Waals surface area contributed by atoms with E-state index in [1.54, 1.807) is 0 Å². The Morgan fingerprint density at radius 1 is 1.25 bits per heavy atom. The summed E-state index contributed by atoms with van der Waals surface area (Å²) in [5, 5.41) is 3.49. The normalized spacial score (nSPS) is 19.9. The summed E-state index contributed by atoms with van der Waals surface area (Å²) in [6, 6.07) is 6.99. The third-order valence-electron chi connectivity index (χ3n) is 4.45. The summed E-state index contributed by atoms with van der Waals surface area (Å²) < 4.78 is 0. The Kier molecular flexibility index (Phi) is 5.90. The van der Waals surface area contributed by atoms with E-state index in [9.17, 15) is 0 Å². The third kappa shape index (κ3) is 4.24. The molecular formula is C18H30N2. The van der Waals surface area contributed by atoms with Gasteiger partial charge < -0.3 is 10.2 Å². The lowest BCUT2D eigenvalue weighted by molar-refractivity contribution is 0.521. The first-order chi connectivity index (χ1) is 9.70. The van der Waals surface area contributed by atoms with E-state index in [2.05, 4.69) is 49.2 Å². The Bertz CT molecular complexity index is 414. The van der Waals surface area contributed by atoms with Gasteiger partial charge in [0.25, 0.3) is 0 Å². The number of aryl methyl sites for hydroxylation is 1. The van der Waals surface area contributed by atoms with Crippen LogP contribution in [0.2, 0.25) is 0 Å². The van der Waals surface area contributed by atoms with Crippen LogP contribution in [-0.2, 0) is 6.54 Å². The van der Waals surface area contributed by atoms with Gasteiger partial charge in [-0.25, -0.2) is 0 Å². The molecule has 0 aliphatic carbocycles. The van der Waals surface area contributed by atoms with Crippen molar-refractivity contribution in [1.82, 2.24) is 5.32 Å². The second kappa shape index (κ2) is 7.68. The van der Waals surface area contributed by atoms with Crippen LogP contribution in [0.1, 0.15) is 50.7 Å². The average molecular weight is 274 g/mol. The third-order valence-corrected chi connectivity index (χ3v) is 4.45. The minimum atomic E-state index is 0.888. The second-order valence-corrected chi connectivity index (χ2v) is 6.31. The molecule has 1 fully saturated rings. The molecule has 2 nitrogen and oxygen atoms in total. The van der Waals surface area contributed by atoms with Gasteiger partial charge in [-0.15, -0.1) is 0 Å². The number of rotatable bonds is 5. The lowest BCUT2D eigenvalue weighted by Gasteiger charge is -2.24. The number of anilines is 1. The highest BCUT2D eigenvalue weighted by Gasteiger charge is 2.14. The molecule has 20 heavy (non-hydrogen) atoms. The van der Waals surface area contributed by atoms with Gasteiger partial charge in [0.05, 0.1) is 0 Å². The van der Waals surface area contributed by atoms with Gasteiger partial charge in [0.1, 0.15) is 0 Å². The standard InChI is InChI=1S/C18H30N2/c1-4-10-19-14-17-7-8-18(13-16(17)3)20-11-5-6-15(2)9-12-20/h7-8,13,15,19H,4-6,9-12,14H2,1-3H3. The first kappa shape index (κ1) is 15.4. The molecule has 1 aliphatic rings. The summed E-state index contributed by atoms with van der Waals surface area (Å²) in [7, 11) is 0. The number of nitrogens with one attached hydrogen (secondary N) is 1. The Balaban J connectivity index is 2.00. The molecule has 2 rings (SSSR count). The van der Waals surface area contributed by atoms with Gasteiger partial charge in [-0.05, 0) is 68.3 Å². The van der Waals surface area contributed by atoms with Crippen LogP contribution in [-0.4, -0.2) is 19.6 Å². The van der Waals surface area contributed by atoms with Crippen molar-refractivity contribution in [3.05, 3.63) is 29.3 Å². The van der Waals surface area contributed by atoms with Crippen LogP contribution in [0.4, 0.5) is 5.69 Å². The number of benzene rings is 1. The molecule has 0 saturated carbocycles. The minimum absolute atomic E-state index is 0.888.